The number of hydrogen-bond acceptors (Lipinski definition) is 0. The van der Waals surface area contributed by atoms with Crippen molar-refractivity contribution >= 4 is 10.8 Å². The van der Waals surface area contributed by atoms with Gasteiger partial charge in [0.15, 0.2) is 10.8 Å². The molecule has 0 N–H and O–H groups in total. The summed E-state index contributed by atoms with van der Waals surface area (Å²) in [7, 11) is -5.68. The molecule has 0 nitrogen and oxygen atoms in total. The van der Waals surface area contributed by atoms with Crippen molar-refractivity contribution in [2.45, 2.75) is 10.4 Å². The third-order valence-electron chi connectivity index (χ3n) is 1.33. The molecule has 0 amide bonds. The summed E-state index contributed by atoms with van der Waals surface area (Å²) in [5.41, 5.74) is -5.45. The van der Waals surface area contributed by atoms with Crippen molar-refractivity contribution in [2.24, 2.45) is 0 Å². The molecule has 0 saturated carbocycles. The lowest BCUT2D eigenvalue weighted by Crippen LogP contribution is -2.12. The van der Waals surface area contributed by atoms with E-state index in [0.717, 1.165) is 24.3 Å². The number of halogens is 5. The standard InChI is InChI=1S/C7H5F5S/c8-7(9,10)13(11,12)6-4-2-1-3-5-6/h1-5H. The molecular formula is C7H5F5S. The Bertz CT molecular complexity index is 279. The molecule has 0 heterocycles. The summed E-state index contributed by atoms with van der Waals surface area (Å²) in [5.74, 6) is 0. The highest BCUT2D eigenvalue weighted by Gasteiger charge is 2.54. The van der Waals surface area contributed by atoms with Crippen LogP contribution in [0.2, 0.25) is 0 Å². The van der Waals surface area contributed by atoms with Crippen LogP contribution in [-0.2, 0) is 0 Å². The number of rotatable bonds is 1. The quantitative estimate of drug-likeness (QED) is 0.619. The Kier molecular flexibility index (Phi) is 2.51. The van der Waals surface area contributed by atoms with Crippen LogP contribution in [0.4, 0.5) is 20.9 Å². The van der Waals surface area contributed by atoms with Crippen molar-refractivity contribution in [1.29, 1.82) is 0 Å². The van der Waals surface area contributed by atoms with Gasteiger partial charge in [-0.2, -0.15) is 13.2 Å². The van der Waals surface area contributed by atoms with Crippen molar-refractivity contribution < 1.29 is 20.9 Å². The van der Waals surface area contributed by atoms with Gasteiger partial charge in [0.05, 0.1) is 4.90 Å². The van der Waals surface area contributed by atoms with Crippen LogP contribution in [0.1, 0.15) is 0 Å². The number of benzene rings is 1. The molecule has 13 heavy (non-hydrogen) atoms. The van der Waals surface area contributed by atoms with Crippen molar-refractivity contribution in [3.63, 3.8) is 0 Å². The van der Waals surface area contributed by atoms with Crippen LogP contribution < -0.4 is 0 Å². The average Bonchev–Trinajstić information content (AvgIpc) is 2.04. The predicted octanol–water partition coefficient (Wildman–Crippen LogP) is 4.14. The monoisotopic (exact) mass is 216 g/mol. The fourth-order valence-electron chi connectivity index (χ4n) is 0.725. The van der Waals surface area contributed by atoms with Crippen molar-refractivity contribution in [3.05, 3.63) is 30.3 Å². The molecule has 0 aliphatic rings. The molecule has 0 bridgehead atoms. The first-order valence-electron chi connectivity index (χ1n) is 3.19. The first kappa shape index (κ1) is 10.3. The van der Waals surface area contributed by atoms with Crippen LogP contribution >= 0.6 is 10.8 Å². The van der Waals surface area contributed by atoms with E-state index in [1.165, 1.54) is 6.07 Å². The molecule has 1 aromatic carbocycles. The van der Waals surface area contributed by atoms with Crippen LogP contribution in [0, 0.1) is 0 Å². The summed E-state index contributed by atoms with van der Waals surface area (Å²) in [5, 5.41) is 0. The smallest absolute Gasteiger partial charge is 0.157 e. The lowest BCUT2D eigenvalue weighted by Gasteiger charge is -2.23. The first-order valence-corrected chi connectivity index (χ1v) is 4.63. The minimum Gasteiger partial charge on any atom is -0.157 e. The van der Waals surface area contributed by atoms with Gasteiger partial charge < -0.3 is 0 Å². The maximum absolute atomic E-state index is 12.6. The van der Waals surface area contributed by atoms with Gasteiger partial charge in [0.1, 0.15) is 0 Å². The van der Waals surface area contributed by atoms with Crippen LogP contribution in [0.25, 0.3) is 0 Å². The second-order valence-electron chi connectivity index (χ2n) is 2.23. The Labute approximate surface area is 73.3 Å². The SMILES string of the molecule is FC(F)(F)S(F)(F)c1ccccc1. The maximum Gasteiger partial charge on any atom is 0.482 e. The number of alkyl halides is 3. The second-order valence-corrected chi connectivity index (χ2v) is 4.10. The average molecular weight is 216 g/mol. The first-order chi connectivity index (χ1) is 5.86. The van der Waals surface area contributed by atoms with Crippen molar-refractivity contribution in [2.75, 3.05) is 0 Å². The molecule has 0 unspecified atom stereocenters. The van der Waals surface area contributed by atoms with E-state index in [1.807, 2.05) is 0 Å². The van der Waals surface area contributed by atoms with E-state index in [-0.39, 0.29) is 0 Å². The molecule has 0 saturated heterocycles. The van der Waals surface area contributed by atoms with Crippen LogP contribution in [-0.4, -0.2) is 5.51 Å². The predicted molar refractivity (Wildman–Crippen MR) is 40.6 cm³/mol. The third kappa shape index (κ3) is 1.93. The lowest BCUT2D eigenvalue weighted by atomic mass is 10.4. The minimum absolute atomic E-state index is 0.781. The lowest BCUT2D eigenvalue weighted by molar-refractivity contribution is -0.0463. The summed E-state index contributed by atoms with van der Waals surface area (Å²) in [6.07, 6.45) is 0. The fraction of sp³-hybridized carbons (Fsp3) is 0.143. The Morgan fingerprint density at radius 1 is 0.923 bits per heavy atom. The molecular weight excluding hydrogens is 211 g/mol. The second kappa shape index (κ2) is 3.17. The van der Waals surface area contributed by atoms with Gasteiger partial charge in [-0.15, -0.1) is 7.77 Å². The van der Waals surface area contributed by atoms with Gasteiger partial charge in [-0.05, 0) is 12.1 Å². The molecule has 0 fully saturated rings. The van der Waals surface area contributed by atoms with E-state index in [1.54, 1.807) is 0 Å². The fourth-order valence-corrected chi connectivity index (χ4v) is 1.49. The maximum atomic E-state index is 12.6. The Morgan fingerprint density at radius 3 is 1.77 bits per heavy atom. The zero-order valence-corrected chi connectivity index (χ0v) is 7.00. The topological polar surface area (TPSA) is 0 Å². The Balaban J connectivity index is 3.08. The summed E-state index contributed by atoms with van der Waals surface area (Å²) in [4.78, 5) is -0.956. The minimum atomic E-state index is -5.68. The van der Waals surface area contributed by atoms with E-state index in [2.05, 4.69) is 0 Å². The van der Waals surface area contributed by atoms with E-state index in [9.17, 15) is 20.9 Å². The van der Waals surface area contributed by atoms with Gasteiger partial charge in [0, 0.05) is 0 Å². The largest absolute Gasteiger partial charge is 0.482 e. The van der Waals surface area contributed by atoms with Crippen molar-refractivity contribution in [3.8, 4) is 0 Å². The molecule has 0 radical (unpaired) electrons. The molecule has 0 spiro atoms. The van der Waals surface area contributed by atoms with Gasteiger partial charge in [-0.1, -0.05) is 18.2 Å². The Morgan fingerprint density at radius 2 is 1.38 bits per heavy atom. The summed E-state index contributed by atoms with van der Waals surface area (Å²) in [6.45, 7) is 0. The van der Waals surface area contributed by atoms with E-state index >= 15 is 0 Å². The van der Waals surface area contributed by atoms with Gasteiger partial charge >= 0.3 is 5.51 Å². The molecule has 6 heteroatoms. The molecule has 0 aliphatic heterocycles. The molecule has 0 aromatic heterocycles. The van der Waals surface area contributed by atoms with Gasteiger partial charge in [0.2, 0.25) is 0 Å². The number of hydrogen-bond donors (Lipinski definition) is 0. The molecule has 0 atom stereocenters. The van der Waals surface area contributed by atoms with E-state index in [4.69, 9.17) is 0 Å². The van der Waals surface area contributed by atoms with E-state index < -0.39 is 21.2 Å². The normalized spacial score (nSPS) is 14.2. The van der Waals surface area contributed by atoms with Crippen LogP contribution in [0.5, 0.6) is 0 Å². The van der Waals surface area contributed by atoms with Crippen LogP contribution in [0.15, 0.2) is 35.2 Å². The van der Waals surface area contributed by atoms with Gasteiger partial charge in [-0.25, -0.2) is 0 Å². The molecule has 0 aliphatic carbocycles. The summed E-state index contributed by atoms with van der Waals surface area (Å²) in [6, 6.07) is 5.25. The third-order valence-corrected chi connectivity index (χ3v) is 2.78. The highest BCUT2D eigenvalue weighted by Crippen LogP contribution is 2.70. The van der Waals surface area contributed by atoms with Gasteiger partial charge in [-0.3, -0.25) is 0 Å². The molecule has 1 aromatic rings. The summed E-state index contributed by atoms with van der Waals surface area (Å²) < 4.78 is 60.7. The van der Waals surface area contributed by atoms with Gasteiger partial charge in [0.25, 0.3) is 0 Å². The Hall–Kier alpha value is -0.780. The highest BCUT2D eigenvalue weighted by molar-refractivity contribution is 8.26. The van der Waals surface area contributed by atoms with Crippen LogP contribution in [0.3, 0.4) is 0 Å². The summed E-state index contributed by atoms with van der Waals surface area (Å²) >= 11 is 0. The zero-order chi connectivity index (χ0) is 10.1. The van der Waals surface area contributed by atoms with E-state index in [0.29, 0.717) is 0 Å². The zero-order valence-electron chi connectivity index (χ0n) is 6.18. The van der Waals surface area contributed by atoms with Crippen molar-refractivity contribution in [1.82, 2.24) is 0 Å². The molecule has 74 valence electrons. The highest BCUT2D eigenvalue weighted by atomic mass is 32.3. The molecule has 1 rings (SSSR count).